The lowest BCUT2D eigenvalue weighted by atomic mass is 10.1. The molecule has 4 N–H and O–H groups in total. The highest BCUT2D eigenvalue weighted by atomic mass is 35.5. The average molecular weight is 452 g/mol. The van der Waals surface area contributed by atoms with Gasteiger partial charge in [-0.1, -0.05) is 23.7 Å². The van der Waals surface area contributed by atoms with Gasteiger partial charge in [0.1, 0.15) is 11.6 Å². The fourth-order valence-electron chi connectivity index (χ4n) is 3.17. The first kappa shape index (κ1) is 23.1. The van der Waals surface area contributed by atoms with Crippen LogP contribution in [0.1, 0.15) is 16.7 Å². The Hall–Kier alpha value is -3.58. The van der Waals surface area contributed by atoms with E-state index in [1.54, 1.807) is 31.6 Å². The third-order valence-electron chi connectivity index (χ3n) is 4.99. The maximum atomic E-state index is 11.7. The second-order valence-electron chi connectivity index (χ2n) is 7.20. The molecule has 1 aromatic heterocycles. The fourth-order valence-corrected chi connectivity index (χ4v) is 3.30. The molecule has 8 heteroatoms. The molecule has 0 atom stereocenters. The summed E-state index contributed by atoms with van der Waals surface area (Å²) in [4.78, 5) is 18.0. The van der Waals surface area contributed by atoms with Gasteiger partial charge in [0.15, 0.2) is 6.61 Å². The molecular weight excluding hydrogens is 426 g/mol. The van der Waals surface area contributed by atoms with E-state index in [0.717, 1.165) is 24.2 Å². The summed E-state index contributed by atoms with van der Waals surface area (Å²) in [7, 11) is 1.56. The minimum Gasteiger partial charge on any atom is -0.483 e. The number of halogens is 1. The van der Waals surface area contributed by atoms with Crippen molar-refractivity contribution in [1.29, 1.82) is 5.41 Å². The third kappa shape index (κ3) is 6.46. The maximum absolute atomic E-state index is 11.7. The predicted octanol–water partition coefficient (Wildman–Crippen LogP) is 3.39. The summed E-state index contributed by atoms with van der Waals surface area (Å²) in [6.45, 7) is 1.16. The molecule has 3 aromatic rings. The first-order valence-corrected chi connectivity index (χ1v) is 10.5. The Morgan fingerprint density at radius 1 is 1.16 bits per heavy atom. The number of pyridine rings is 1. The SMILES string of the molecule is CNC(=O)COc1cc(C(=N)N)ccc1CN(CCc1ccncc1)c1ccc(Cl)cc1. The summed E-state index contributed by atoms with van der Waals surface area (Å²) >= 11 is 6.09. The molecule has 0 spiro atoms. The van der Waals surface area contributed by atoms with Gasteiger partial charge in [-0.15, -0.1) is 0 Å². The van der Waals surface area contributed by atoms with E-state index in [9.17, 15) is 4.79 Å². The number of nitrogens with one attached hydrogen (secondary N) is 2. The minimum absolute atomic E-state index is 0.0615. The van der Waals surface area contributed by atoms with E-state index < -0.39 is 0 Å². The lowest BCUT2D eigenvalue weighted by Gasteiger charge is -2.26. The van der Waals surface area contributed by atoms with Gasteiger partial charge in [-0.25, -0.2) is 0 Å². The van der Waals surface area contributed by atoms with Crippen molar-refractivity contribution in [2.24, 2.45) is 5.73 Å². The topological polar surface area (TPSA) is 104 Å². The van der Waals surface area contributed by atoms with Gasteiger partial charge in [-0.2, -0.15) is 0 Å². The largest absolute Gasteiger partial charge is 0.483 e. The molecule has 166 valence electrons. The molecule has 2 aromatic carbocycles. The Morgan fingerprint density at radius 2 is 1.88 bits per heavy atom. The van der Waals surface area contributed by atoms with Crippen LogP contribution in [-0.2, 0) is 17.8 Å². The van der Waals surface area contributed by atoms with Crippen LogP contribution in [0.5, 0.6) is 5.75 Å². The molecule has 0 aliphatic carbocycles. The van der Waals surface area contributed by atoms with Gasteiger partial charge in [-0.05, 0) is 54.4 Å². The van der Waals surface area contributed by atoms with Crippen LogP contribution in [0.3, 0.4) is 0 Å². The molecular formula is C24H26ClN5O2. The highest BCUT2D eigenvalue weighted by molar-refractivity contribution is 6.30. The number of ether oxygens (including phenoxy) is 1. The van der Waals surface area contributed by atoms with Crippen molar-refractivity contribution in [2.75, 3.05) is 25.1 Å². The molecule has 3 rings (SSSR count). The van der Waals surface area contributed by atoms with Crippen LogP contribution in [0.15, 0.2) is 67.0 Å². The zero-order valence-electron chi connectivity index (χ0n) is 17.8. The monoisotopic (exact) mass is 451 g/mol. The Kier molecular flexibility index (Phi) is 8.05. The summed E-state index contributed by atoms with van der Waals surface area (Å²) in [6, 6.07) is 17.0. The van der Waals surface area contributed by atoms with Crippen molar-refractivity contribution in [3.05, 3.63) is 88.7 Å². The van der Waals surface area contributed by atoms with Crippen LogP contribution >= 0.6 is 11.6 Å². The van der Waals surface area contributed by atoms with Crippen LogP contribution in [0.4, 0.5) is 5.69 Å². The number of nitrogens with two attached hydrogens (primary N) is 1. The van der Waals surface area contributed by atoms with Crippen LogP contribution < -0.4 is 20.7 Å². The Balaban J connectivity index is 1.88. The van der Waals surface area contributed by atoms with Crippen LogP contribution in [0.2, 0.25) is 5.02 Å². The van der Waals surface area contributed by atoms with E-state index in [2.05, 4.69) is 15.2 Å². The summed E-state index contributed by atoms with van der Waals surface area (Å²) in [5, 5.41) is 10.9. The number of anilines is 1. The number of amidine groups is 1. The summed E-state index contributed by atoms with van der Waals surface area (Å²) in [5.41, 5.74) is 9.26. The number of carbonyl (C=O) groups excluding carboxylic acids is 1. The highest BCUT2D eigenvalue weighted by Gasteiger charge is 2.14. The Morgan fingerprint density at radius 3 is 2.53 bits per heavy atom. The van der Waals surface area contributed by atoms with Crippen LogP contribution in [0, 0.1) is 5.41 Å². The smallest absolute Gasteiger partial charge is 0.257 e. The second-order valence-corrected chi connectivity index (χ2v) is 7.64. The number of hydrogen-bond donors (Lipinski definition) is 3. The lowest BCUT2D eigenvalue weighted by Crippen LogP contribution is -2.27. The number of rotatable bonds is 10. The van der Waals surface area contributed by atoms with Gasteiger partial charge < -0.3 is 20.7 Å². The number of hydrogen-bond acceptors (Lipinski definition) is 5. The fraction of sp³-hybridized carbons (Fsp3) is 0.208. The summed E-state index contributed by atoms with van der Waals surface area (Å²) in [5.74, 6) is 0.217. The number of benzene rings is 2. The Bertz CT molecular complexity index is 1060. The van der Waals surface area contributed by atoms with Gasteiger partial charge in [0.25, 0.3) is 5.91 Å². The van der Waals surface area contributed by atoms with Gasteiger partial charge in [0, 0.05) is 54.4 Å². The van der Waals surface area contributed by atoms with Crippen molar-refractivity contribution in [1.82, 2.24) is 10.3 Å². The maximum Gasteiger partial charge on any atom is 0.257 e. The molecule has 0 saturated heterocycles. The summed E-state index contributed by atoms with van der Waals surface area (Å²) in [6.07, 6.45) is 4.39. The third-order valence-corrected chi connectivity index (χ3v) is 5.24. The van der Waals surface area contributed by atoms with Crippen molar-refractivity contribution in [2.45, 2.75) is 13.0 Å². The highest BCUT2D eigenvalue weighted by Crippen LogP contribution is 2.26. The Labute approximate surface area is 192 Å². The molecule has 7 nitrogen and oxygen atoms in total. The first-order valence-electron chi connectivity index (χ1n) is 10.2. The minimum atomic E-state index is -0.239. The number of likely N-dealkylation sites (N-methyl/N-ethyl adjacent to an activating group) is 1. The normalized spacial score (nSPS) is 10.4. The molecule has 0 bridgehead atoms. The van der Waals surface area contributed by atoms with Gasteiger partial charge in [-0.3, -0.25) is 15.2 Å². The molecule has 0 aliphatic rings. The lowest BCUT2D eigenvalue weighted by molar-refractivity contribution is -0.122. The standard InChI is InChI=1S/C24H26ClN5O2/c1-28-23(31)16-32-22-14-18(24(26)27)2-3-19(22)15-30(21-6-4-20(25)5-7-21)13-10-17-8-11-29-12-9-17/h2-9,11-12,14H,10,13,15-16H2,1H3,(H3,26,27)(H,28,31). The molecule has 0 radical (unpaired) electrons. The number of nitrogen functional groups attached to an aromatic ring is 1. The molecule has 0 aliphatic heterocycles. The van der Waals surface area contributed by atoms with Crippen molar-refractivity contribution >= 4 is 29.0 Å². The van der Waals surface area contributed by atoms with Crippen molar-refractivity contribution in [3.63, 3.8) is 0 Å². The summed E-state index contributed by atoms with van der Waals surface area (Å²) < 4.78 is 5.78. The van der Waals surface area contributed by atoms with Gasteiger partial charge in [0.05, 0.1) is 0 Å². The molecule has 1 heterocycles. The molecule has 0 unspecified atom stereocenters. The zero-order valence-corrected chi connectivity index (χ0v) is 18.6. The second kappa shape index (κ2) is 11.2. The van der Waals surface area contributed by atoms with Crippen LogP contribution in [-0.4, -0.2) is 36.9 Å². The number of aromatic nitrogens is 1. The molecule has 32 heavy (non-hydrogen) atoms. The van der Waals surface area contributed by atoms with Crippen molar-refractivity contribution in [3.8, 4) is 5.75 Å². The molecule has 0 saturated carbocycles. The average Bonchev–Trinajstić information content (AvgIpc) is 2.81. The predicted molar refractivity (Wildman–Crippen MR) is 127 cm³/mol. The number of carbonyl (C=O) groups is 1. The zero-order chi connectivity index (χ0) is 22.9. The van der Waals surface area contributed by atoms with E-state index in [1.165, 1.54) is 5.56 Å². The van der Waals surface area contributed by atoms with E-state index in [0.29, 0.717) is 22.9 Å². The van der Waals surface area contributed by atoms with Crippen LogP contribution in [0.25, 0.3) is 0 Å². The van der Waals surface area contributed by atoms with Gasteiger partial charge in [0.2, 0.25) is 0 Å². The van der Waals surface area contributed by atoms with Gasteiger partial charge >= 0.3 is 0 Å². The molecule has 1 amide bonds. The molecule has 0 fully saturated rings. The van der Waals surface area contributed by atoms with E-state index >= 15 is 0 Å². The van der Waals surface area contributed by atoms with Crippen molar-refractivity contribution < 1.29 is 9.53 Å². The first-order chi connectivity index (χ1) is 15.5. The van der Waals surface area contributed by atoms with E-state index in [1.807, 2.05) is 42.5 Å². The van der Waals surface area contributed by atoms with E-state index in [-0.39, 0.29) is 18.3 Å². The quantitative estimate of drug-likeness (QED) is 0.323. The van der Waals surface area contributed by atoms with E-state index in [4.69, 9.17) is 27.5 Å². The number of nitrogens with zero attached hydrogens (tertiary/aromatic N) is 2. The number of amides is 1.